The number of amides is 2. The first-order valence-corrected chi connectivity index (χ1v) is 6.53. The van der Waals surface area contributed by atoms with Crippen molar-refractivity contribution < 1.29 is 9.59 Å². The molecule has 2 amide bonds. The highest BCUT2D eigenvalue weighted by Gasteiger charge is 2.26. The van der Waals surface area contributed by atoms with Gasteiger partial charge in [-0.05, 0) is 32.3 Å². The molecule has 0 aliphatic rings. The number of rotatable bonds is 7. The van der Waals surface area contributed by atoms with E-state index in [9.17, 15) is 9.59 Å². The van der Waals surface area contributed by atoms with E-state index in [1.165, 1.54) is 0 Å². The molecular weight excluding hydrogens is 226 g/mol. The van der Waals surface area contributed by atoms with Crippen molar-refractivity contribution in [3.05, 3.63) is 0 Å². The van der Waals surface area contributed by atoms with E-state index in [2.05, 4.69) is 5.32 Å². The number of hydrogen-bond acceptors (Lipinski definition) is 4. The summed E-state index contributed by atoms with van der Waals surface area (Å²) in [4.78, 5) is 22.5. The van der Waals surface area contributed by atoms with Crippen molar-refractivity contribution in [2.24, 2.45) is 16.9 Å². The van der Waals surface area contributed by atoms with Gasteiger partial charge in [-0.1, -0.05) is 0 Å². The van der Waals surface area contributed by atoms with Crippen molar-refractivity contribution in [3.8, 4) is 0 Å². The summed E-state index contributed by atoms with van der Waals surface area (Å²) in [6, 6.07) is -0.517. The Morgan fingerprint density at radius 3 is 2.44 bits per heavy atom. The Hall–Kier alpha value is -0.750. The Morgan fingerprint density at radius 1 is 1.44 bits per heavy atom. The van der Waals surface area contributed by atoms with E-state index in [-0.39, 0.29) is 12.5 Å². The van der Waals surface area contributed by atoms with Crippen LogP contribution in [0.1, 0.15) is 20.3 Å². The summed E-state index contributed by atoms with van der Waals surface area (Å²) in [6.45, 7) is 3.58. The fraction of sp³-hybridized carbons (Fsp3) is 0.800. The monoisotopic (exact) mass is 247 g/mol. The highest BCUT2D eigenvalue weighted by molar-refractivity contribution is 7.98. The fourth-order valence-corrected chi connectivity index (χ4v) is 1.39. The number of primary amides is 1. The second-order valence-electron chi connectivity index (χ2n) is 4.35. The number of hydrogen-bond donors (Lipinski definition) is 3. The van der Waals surface area contributed by atoms with Crippen molar-refractivity contribution in [1.82, 2.24) is 5.32 Å². The summed E-state index contributed by atoms with van der Waals surface area (Å²) < 4.78 is 0. The van der Waals surface area contributed by atoms with E-state index in [1.54, 1.807) is 25.6 Å². The van der Waals surface area contributed by atoms with Crippen LogP contribution in [0.5, 0.6) is 0 Å². The number of carbonyl (C=O) groups excluding carboxylic acids is 2. The van der Waals surface area contributed by atoms with Crippen LogP contribution in [0, 0.1) is 5.41 Å². The van der Waals surface area contributed by atoms with Gasteiger partial charge in [-0.2, -0.15) is 11.8 Å². The van der Waals surface area contributed by atoms with Crippen LogP contribution >= 0.6 is 11.8 Å². The van der Waals surface area contributed by atoms with Gasteiger partial charge >= 0.3 is 0 Å². The molecule has 0 radical (unpaired) electrons. The van der Waals surface area contributed by atoms with Gasteiger partial charge in [-0.3, -0.25) is 9.59 Å². The van der Waals surface area contributed by atoms with Crippen molar-refractivity contribution in [2.45, 2.75) is 26.3 Å². The lowest BCUT2D eigenvalue weighted by atomic mass is 9.92. The van der Waals surface area contributed by atoms with E-state index in [0.29, 0.717) is 6.42 Å². The summed E-state index contributed by atoms with van der Waals surface area (Å²) in [5.74, 6) is 0.169. The Bertz CT molecular complexity index is 256. The van der Waals surface area contributed by atoms with E-state index in [1.807, 2.05) is 6.26 Å². The second-order valence-corrected chi connectivity index (χ2v) is 5.34. The summed E-state index contributed by atoms with van der Waals surface area (Å²) >= 11 is 1.64. The molecule has 0 aromatic carbocycles. The van der Waals surface area contributed by atoms with Crippen molar-refractivity contribution in [1.29, 1.82) is 0 Å². The molecule has 0 aliphatic carbocycles. The Balaban J connectivity index is 4.02. The molecular formula is C10H21N3O2S. The van der Waals surface area contributed by atoms with Gasteiger partial charge in [0.05, 0.1) is 11.5 Å². The first kappa shape index (κ1) is 15.2. The fourth-order valence-electron chi connectivity index (χ4n) is 0.902. The predicted octanol–water partition coefficient (Wildman–Crippen LogP) is -0.305. The van der Waals surface area contributed by atoms with Gasteiger partial charge in [0.1, 0.15) is 0 Å². The Kier molecular flexibility index (Phi) is 6.43. The molecule has 0 aliphatic heterocycles. The largest absolute Gasteiger partial charge is 0.369 e. The molecule has 1 atom stereocenters. The molecule has 6 heteroatoms. The maximum atomic E-state index is 11.5. The highest BCUT2D eigenvalue weighted by Crippen LogP contribution is 2.11. The molecule has 0 rings (SSSR count). The van der Waals surface area contributed by atoms with E-state index in [0.717, 1.165) is 5.75 Å². The minimum absolute atomic E-state index is 0.216. The maximum absolute atomic E-state index is 11.5. The minimum Gasteiger partial charge on any atom is -0.369 e. The first-order valence-electron chi connectivity index (χ1n) is 5.13. The SMILES string of the molecule is CSCC[C@@H](N)C(=O)NCC(C)(C)C(N)=O. The van der Waals surface area contributed by atoms with Gasteiger partial charge in [-0.15, -0.1) is 0 Å². The normalized spacial score (nSPS) is 13.2. The smallest absolute Gasteiger partial charge is 0.236 e. The molecule has 0 bridgehead atoms. The zero-order valence-corrected chi connectivity index (χ0v) is 10.9. The molecule has 5 nitrogen and oxygen atoms in total. The predicted molar refractivity (Wildman–Crippen MR) is 67.0 cm³/mol. The van der Waals surface area contributed by atoms with Crippen molar-refractivity contribution in [2.75, 3.05) is 18.6 Å². The van der Waals surface area contributed by atoms with E-state index < -0.39 is 17.4 Å². The van der Waals surface area contributed by atoms with Crippen LogP contribution in [-0.4, -0.2) is 36.4 Å². The summed E-state index contributed by atoms with van der Waals surface area (Å²) in [6.07, 6.45) is 2.59. The average Bonchev–Trinajstić information content (AvgIpc) is 2.22. The van der Waals surface area contributed by atoms with Crippen LogP contribution in [0.3, 0.4) is 0 Å². The van der Waals surface area contributed by atoms with Crippen LogP contribution in [-0.2, 0) is 9.59 Å². The number of carbonyl (C=O) groups is 2. The van der Waals surface area contributed by atoms with Crippen molar-refractivity contribution in [3.63, 3.8) is 0 Å². The molecule has 0 heterocycles. The lowest BCUT2D eigenvalue weighted by Gasteiger charge is -2.22. The minimum atomic E-state index is -0.741. The number of nitrogens with one attached hydrogen (secondary N) is 1. The van der Waals surface area contributed by atoms with Crippen LogP contribution in [0.4, 0.5) is 0 Å². The first-order chi connectivity index (χ1) is 7.31. The molecule has 94 valence electrons. The van der Waals surface area contributed by atoms with Crippen LogP contribution in [0.2, 0.25) is 0 Å². The molecule has 0 aromatic rings. The third-order valence-corrected chi connectivity index (χ3v) is 2.99. The maximum Gasteiger partial charge on any atom is 0.236 e. The van der Waals surface area contributed by atoms with Gasteiger partial charge in [0.15, 0.2) is 0 Å². The molecule has 0 fully saturated rings. The summed E-state index contributed by atoms with van der Waals surface area (Å²) in [5, 5.41) is 2.64. The van der Waals surface area contributed by atoms with E-state index >= 15 is 0 Å². The van der Waals surface area contributed by atoms with Gasteiger partial charge in [0.2, 0.25) is 11.8 Å². The Morgan fingerprint density at radius 2 is 2.00 bits per heavy atom. The van der Waals surface area contributed by atoms with Crippen LogP contribution in [0.15, 0.2) is 0 Å². The van der Waals surface area contributed by atoms with Crippen molar-refractivity contribution >= 4 is 23.6 Å². The third kappa shape index (κ3) is 5.37. The van der Waals surface area contributed by atoms with Gasteiger partial charge in [0, 0.05) is 6.54 Å². The molecule has 0 saturated carbocycles. The molecule has 0 spiro atoms. The van der Waals surface area contributed by atoms with E-state index in [4.69, 9.17) is 11.5 Å². The van der Waals surface area contributed by atoms with Gasteiger partial charge in [0.25, 0.3) is 0 Å². The summed E-state index contributed by atoms with van der Waals surface area (Å²) in [7, 11) is 0. The second kappa shape index (κ2) is 6.75. The van der Waals surface area contributed by atoms with Crippen LogP contribution < -0.4 is 16.8 Å². The molecule has 0 saturated heterocycles. The third-order valence-electron chi connectivity index (χ3n) is 2.34. The zero-order valence-electron chi connectivity index (χ0n) is 10.1. The average molecular weight is 247 g/mol. The molecule has 0 unspecified atom stereocenters. The number of thioether (sulfide) groups is 1. The number of nitrogens with two attached hydrogens (primary N) is 2. The lowest BCUT2D eigenvalue weighted by Crippen LogP contribution is -2.47. The quantitative estimate of drug-likeness (QED) is 0.575. The highest BCUT2D eigenvalue weighted by atomic mass is 32.2. The van der Waals surface area contributed by atoms with Gasteiger partial charge in [-0.25, -0.2) is 0 Å². The topological polar surface area (TPSA) is 98.2 Å². The molecule has 5 N–H and O–H groups in total. The molecule has 0 aromatic heterocycles. The van der Waals surface area contributed by atoms with Crippen LogP contribution in [0.25, 0.3) is 0 Å². The lowest BCUT2D eigenvalue weighted by molar-refractivity contribution is -0.127. The zero-order chi connectivity index (χ0) is 12.8. The molecule has 16 heavy (non-hydrogen) atoms. The standard InChI is InChI=1S/C10H21N3O2S/c1-10(2,9(12)15)6-13-8(14)7(11)4-5-16-3/h7H,4-6,11H2,1-3H3,(H2,12,15)(H,13,14)/t7-/m1/s1. The van der Waals surface area contributed by atoms with Gasteiger partial charge < -0.3 is 16.8 Å². The summed E-state index contributed by atoms with van der Waals surface area (Å²) in [5.41, 5.74) is 10.1. The Labute approximate surface area is 101 Å².